The van der Waals surface area contributed by atoms with E-state index in [1.54, 1.807) is 19.2 Å². The maximum Gasteiger partial charge on any atom is 0.343 e. The van der Waals surface area contributed by atoms with E-state index in [1.165, 1.54) is 0 Å². The molecule has 0 bridgehead atoms. The van der Waals surface area contributed by atoms with Crippen molar-refractivity contribution in [3.8, 4) is 17.9 Å². The summed E-state index contributed by atoms with van der Waals surface area (Å²) in [6.45, 7) is 6.07. The lowest BCUT2D eigenvalue weighted by Crippen LogP contribution is -2.91. The first kappa shape index (κ1) is 18.2. The van der Waals surface area contributed by atoms with Crippen molar-refractivity contribution in [2.45, 2.75) is 32.1 Å². The Bertz CT molecular complexity index is 832. The second-order valence-corrected chi connectivity index (χ2v) is 6.60. The zero-order valence-corrected chi connectivity index (χ0v) is 15.4. The highest BCUT2D eigenvalue weighted by Gasteiger charge is 3.03. The molecule has 0 unspecified atom stereocenters. The lowest BCUT2D eigenvalue weighted by Gasteiger charge is -2.32. The van der Waals surface area contributed by atoms with Crippen molar-refractivity contribution < 1.29 is 19.2 Å². The lowest BCUT2D eigenvalue weighted by atomic mass is 9.84. The van der Waals surface area contributed by atoms with Crippen LogP contribution in [0.1, 0.15) is 26.3 Å². The SMILES string of the molecule is CCOC1(OCC)[NH+]=C(N)[C@@]2(C#N)[C@@](C)(c3ccc(OC)cc3)[C@@]12C#N. The fourth-order valence-electron chi connectivity index (χ4n) is 4.75. The average Bonchev–Trinajstić information content (AvgIpc) is 3.08. The lowest BCUT2D eigenvalue weighted by molar-refractivity contribution is -0.694. The van der Waals surface area contributed by atoms with Gasteiger partial charge >= 0.3 is 5.91 Å². The van der Waals surface area contributed by atoms with Crippen LogP contribution in [-0.2, 0) is 14.9 Å². The number of ether oxygens (including phenoxy) is 3. The van der Waals surface area contributed by atoms with Gasteiger partial charge in [-0.25, -0.2) is 4.99 Å². The van der Waals surface area contributed by atoms with E-state index in [9.17, 15) is 10.5 Å². The Balaban J connectivity index is 2.26. The second kappa shape index (κ2) is 5.70. The Kier molecular flexibility index (Phi) is 3.99. The van der Waals surface area contributed by atoms with Crippen LogP contribution in [-0.4, -0.2) is 32.1 Å². The summed E-state index contributed by atoms with van der Waals surface area (Å²) in [5.41, 5.74) is 3.57. The van der Waals surface area contributed by atoms with Crippen molar-refractivity contribution in [1.82, 2.24) is 0 Å². The third-order valence-corrected chi connectivity index (χ3v) is 5.89. The molecule has 1 aliphatic carbocycles. The summed E-state index contributed by atoms with van der Waals surface area (Å²) in [5, 5.41) is 20.4. The summed E-state index contributed by atoms with van der Waals surface area (Å²) in [4.78, 5) is 2.98. The van der Waals surface area contributed by atoms with Gasteiger partial charge in [-0.3, -0.25) is 5.73 Å². The Morgan fingerprint density at radius 1 is 1.08 bits per heavy atom. The molecule has 3 rings (SSSR count). The van der Waals surface area contributed by atoms with E-state index in [4.69, 9.17) is 19.9 Å². The van der Waals surface area contributed by atoms with Crippen LogP contribution < -0.4 is 15.5 Å². The van der Waals surface area contributed by atoms with Gasteiger partial charge in [-0.1, -0.05) is 19.1 Å². The molecule has 7 heteroatoms. The van der Waals surface area contributed by atoms with Crippen molar-refractivity contribution in [1.29, 1.82) is 10.5 Å². The number of nitrogens with zero attached hydrogens (tertiary/aromatic N) is 2. The molecule has 1 aromatic carbocycles. The van der Waals surface area contributed by atoms with Gasteiger partial charge in [0.05, 0.1) is 37.9 Å². The topological polar surface area (TPSA) is 115 Å². The van der Waals surface area contributed by atoms with E-state index in [0.29, 0.717) is 19.0 Å². The molecular formula is C19H23N4O3+. The summed E-state index contributed by atoms with van der Waals surface area (Å²) in [6.07, 6.45) is 0. The third-order valence-electron chi connectivity index (χ3n) is 5.89. The molecule has 0 saturated heterocycles. The second-order valence-electron chi connectivity index (χ2n) is 6.60. The van der Waals surface area contributed by atoms with E-state index < -0.39 is 22.2 Å². The Morgan fingerprint density at radius 3 is 2.08 bits per heavy atom. The van der Waals surface area contributed by atoms with Gasteiger partial charge in [0.2, 0.25) is 0 Å². The predicted molar refractivity (Wildman–Crippen MR) is 92.6 cm³/mol. The van der Waals surface area contributed by atoms with Crippen LogP contribution in [0, 0.1) is 33.5 Å². The van der Waals surface area contributed by atoms with Gasteiger partial charge in [-0.15, -0.1) is 0 Å². The van der Waals surface area contributed by atoms with Crippen molar-refractivity contribution in [3.05, 3.63) is 29.8 Å². The van der Waals surface area contributed by atoms with Gasteiger partial charge in [0.25, 0.3) is 5.84 Å². The summed E-state index contributed by atoms with van der Waals surface area (Å²) in [7, 11) is 1.58. The van der Waals surface area contributed by atoms with E-state index in [2.05, 4.69) is 17.1 Å². The van der Waals surface area contributed by atoms with Crippen LogP contribution in [0.15, 0.2) is 24.3 Å². The maximum absolute atomic E-state index is 10.3. The van der Waals surface area contributed by atoms with Crippen LogP contribution in [0.4, 0.5) is 0 Å². The fraction of sp³-hybridized carbons (Fsp3) is 0.526. The third kappa shape index (κ3) is 1.61. The zero-order chi connectivity index (χ0) is 19.2. The molecule has 0 aromatic heterocycles. The number of methoxy groups -OCH3 is 1. The van der Waals surface area contributed by atoms with Gasteiger partial charge in [0.15, 0.2) is 10.8 Å². The molecule has 3 atom stereocenters. The molecule has 7 nitrogen and oxygen atoms in total. The van der Waals surface area contributed by atoms with E-state index >= 15 is 0 Å². The Labute approximate surface area is 153 Å². The first-order chi connectivity index (χ1) is 12.4. The number of benzene rings is 1. The number of rotatable bonds is 6. The molecule has 1 saturated carbocycles. The summed E-state index contributed by atoms with van der Waals surface area (Å²) < 4.78 is 17.0. The molecular weight excluding hydrogens is 332 g/mol. The van der Waals surface area contributed by atoms with Crippen molar-refractivity contribution in [2.75, 3.05) is 20.3 Å². The van der Waals surface area contributed by atoms with Gasteiger partial charge in [0.1, 0.15) is 5.75 Å². The monoisotopic (exact) mass is 355 g/mol. The molecule has 0 spiro atoms. The number of nitrogens with one attached hydrogen (secondary N) is 1. The maximum atomic E-state index is 10.3. The minimum absolute atomic E-state index is 0.196. The van der Waals surface area contributed by atoms with Crippen molar-refractivity contribution >= 4 is 5.84 Å². The highest BCUT2D eigenvalue weighted by molar-refractivity contribution is 5.97. The van der Waals surface area contributed by atoms with Gasteiger partial charge in [-0.05, 0) is 31.5 Å². The number of nitriles is 2. The molecule has 1 fully saturated rings. The number of hydrogen-bond acceptors (Lipinski definition) is 6. The van der Waals surface area contributed by atoms with Gasteiger partial charge in [-0.2, -0.15) is 10.5 Å². The fourth-order valence-corrected chi connectivity index (χ4v) is 4.75. The number of hydrogen-bond donors (Lipinski definition) is 2. The number of nitrogens with two attached hydrogens (primary N) is 1. The summed E-state index contributed by atoms with van der Waals surface area (Å²) in [6, 6.07) is 12.0. The standard InChI is InChI=1S/C19H22N4O3/c1-5-25-19(26-6-2)18(12-21)16(3,17(18,11-20)15(22)23-19)13-7-9-14(24-4)10-8-13/h7-10H,5-6H2,1-4H3,(H2,22,23)/p+1/t16-,17+,18-/m1/s1. The molecule has 1 heterocycles. The molecule has 1 aromatic rings. The van der Waals surface area contributed by atoms with E-state index in [0.717, 1.165) is 5.56 Å². The highest BCUT2D eigenvalue weighted by Crippen LogP contribution is 2.82. The largest absolute Gasteiger partial charge is 0.497 e. The predicted octanol–water partition coefficient (Wildman–Crippen LogP) is 0.165. The summed E-state index contributed by atoms with van der Waals surface area (Å²) >= 11 is 0. The Hall–Kier alpha value is -2.61. The van der Waals surface area contributed by atoms with Crippen LogP contribution in [0.25, 0.3) is 0 Å². The normalized spacial score (nSPS) is 33.5. The number of fused-ring (bicyclic) bond motifs is 1. The van der Waals surface area contributed by atoms with E-state index in [1.807, 2.05) is 32.9 Å². The minimum Gasteiger partial charge on any atom is -0.497 e. The molecule has 0 amide bonds. The molecule has 136 valence electrons. The highest BCUT2D eigenvalue weighted by atomic mass is 16.7. The zero-order valence-electron chi connectivity index (χ0n) is 15.4. The average molecular weight is 355 g/mol. The van der Waals surface area contributed by atoms with Crippen molar-refractivity contribution in [2.24, 2.45) is 16.6 Å². The van der Waals surface area contributed by atoms with Crippen LogP contribution >= 0.6 is 0 Å². The van der Waals surface area contributed by atoms with Gasteiger partial charge in [0, 0.05) is 0 Å². The first-order valence-corrected chi connectivity index (χ1v) is 8.57. The van der Waals surface area contributed by atoms with Crippen LogP contribution in [0.5, 0.6) is 5.75 Å². The Morgan fingerprint density at radius 2 is 1.65 bits per heavy atom. The van der Waals surface area contributed by atoms with Crippen molar-refractivity contribution in [3.63, 3.8) is 0 Å². The smallest absolute Gasteiger partial charge is 0.343 e. The van der Waals surface area contributed by atoms with Crippen LogP contribution in [0.3, 0.4) is 0 Å². The van der Waals surface area contributed by atoms with Gasteiger partial charge < -0.3 is 14.2 Å². The van der Waals surface area contributed by atoms with E-state index in [-0.39, 0.29) is 5.84 Å². The first-order valence-electron chi connectivity index (χ1n) is 8.57. The molecule has 26 heavy (non-hydrogen) atoms. The number of amidine groups is 1. The molecule has 3 N–H and O–H groups in total. The minimum atomic E-state index is -1.49. The van der Waals surface area contributed by atoms with Crippen LogP contribution in [0.2, 0.25) is 0 Å². The molecule has 1 aliphatic heterocycles. The molecule has 0 radical (unpaired) electrons. The molecule has 2 aliphatic rings. The quantitative estimate of drug-likeness (QED) is 0.703. The summed E-state index contributed by atoms with van der Waals surface area (Å²) in [5.74, 6) is -0.599.